The maximum absolute atomic E-state index is 13.0. The van der Waals surface area contributed by atoms with E-state index in [-0.39, 0.29) is 22.0 Å². The quantitative estimate of drug-likeness (QED) is 0.557. The van der Waals surface area contributed by atoms with Crippen molar-refractivity contribution in [3.63, 3.8) is 0 Å². The van der Waals surface area contributed by atoms with Crippen LogP contribution in [-0.4, -0.2) is 16.1 Å². The van der Waals surface area contributed by atoms with E-state index < -0.39 is 17.7 Å². The summed E-state index contributed by atoms with van der Waals surface area (Å²) in [5.74, 6) is -1.18. The van der Waals surface area contributed by atoms with Crippen molar-refractivity contribution in [3.8, 4) is 0 Å². The van der Waals surface area contributed by atoms with Crippen LogP contribution in [0.25, 0.3) is 10.9 Å². The lowest BCUT2D eigenvalue weighted by molar-refractivity contribution is -0.137. The van der Waals surface area contributed by atoms with Crippen LogP contribution in [0.1, 0.15) is 32.7 Å². The molecule has 0 fully saturated rings. The predicted molar refractivity (Wildman–Crippen MR) is 94.3 cm³/mol. The Morgan fingerprint density at radius 3 is 2.50 bits per heavy atom. The third kappa shape index (κ3) is 3.39. The number of hydrogen-bond acceptors (Lipinski definition) is 1. The lowest BCUT2D eigenvalue weighted by Crippen LogP contribution is -2.04. The number of carbonyl (C=O) groups is 1. The first-order valence-corrected chi connectivity index (χ1v) is 8.23. The van der Waals surface area contributed by atoms with Gasteiger partial charge in [-0.2, -0.15) is 13.2 Å². The number of hydrogen-bond donors (Lipinski definition) is 2. The molecule has 0 aliphatic rings. The van der Waals surface area contributed by atoms with Crippen LogP contribution in [0.3, 0.4) is 0 Å². The molecule has 1 heterocycles. The molecule has 0 saturated carbocycles. The zero-order chi connectivity index (χ0) is 19.2. The molecule has 0 spiro atoms. The molecular weight excluding hydrogens is 390 g/mol. The molecule has 3 aromatic rings. The Kier molecular flexibility index (Phi) is 4.67. The van der Waals surface area contributed by atoms with E-state index in [4.69, 9.17) is 28.3 Å². The van der Waals surface area contributed by atoms with E-state index in [0.717, 1.165) is 12.1 Å². The molecular formula is C18H12Cl2F3NO2. The minimum Gasteiger partial charge on any atom is -0.478 e. The number of halogens is 5. The van der Waals surface area contributed by atoms with Crippen molar-refractivity contribution in [2.24, 2.45) is 0 Å². The fourth-order valence-electron chi connectivity index (χ4n) is 2.86. The lowest BCUT2D eigenvalue weighted by Gasteiger charge is -2.08. The maximum Gasteiger partial charge on any atom is 0.416 e. The highest BCUT2D eigenvalue weighted by Crippen LogP contribution is 2.35. The van der Waals surface area contributed by atoms with Gasteiger partial charge in [0.25, 0.3) is 0 Å². The second-order valence-electron chi connectivity index (χ2n) is 5.92. The Morgan fingerprint density at radius 2 is 1.88 bits per heavy atom. The fourth-order valence-corrected chi connectivity index (χ4v) is 3.44. The monoisotopic (exact) mass is 401 g/mol. The normalized spacial score (nSPS) is 11.9. The number of benzene rings is 2. The molecule has 0 saturated heterocycles. The number of carboxylic acid groups (broad SMARTS) is 1. The highest BCUT2D eigenvalue weighted by molar-refractivity contribution is 6.38. The molecule has 3 nitrogen and oxygen atoms in total. The van der Waals surface area contributed by atoms with Gasteiger partial charge in [0.1, 0.15) is 0 Å². The van der Waals surface area contributed by atoms with Crippen LogP contribution in [0.2, 0.25) is 10.0 Å². The van der Waals surface area contributed by atoms with Crippen molar-refractivity contribution < 1.29 is 23.1 Å². The molecule has 2 N–H and O–H groups in total. The van der Waals surface area contributed by atoms with E-state index in [9.17, 15) is 18.0 Å². The van der Waals surface area contributed by atoms with Gasteiger partial charge in [-0.05, 0) is 48.4 Å². The van der Waals surface area contributed by atoms with E-state index in [1.54, 1.807) is 13.0 Å². The number of fused-ring (bicyclic) bond motifs is 1. The summed E-state index contributed by atoms with van der Waals surface area (Å²) < 4.78 is 38.9. The molecule has 0 amide bonds. The van der Waals surface area contributed by atoms with E-state index in [2.05, 4.69) is 4.98 Å². The molecule has 1 aromatic heterocycles. The number of alkyl halides is 3. The predicted octanol–water partition coefficient (Wildman–Crippen LogP) is 6.09. The topological polar surface area (TPSA) is 53.1 Å². The van der Waals surface area contributed by atoms with E-state index >= 15 is 0 Å². The minimum atomic E-state index is -4.43. The molecule has 0 aliphatic heterocycles. The van der Waals surface area contributed by atoms with Crippen LogP contribution >= 0.6 is 23.2 Å². The molecule has 2 aromatic carbocycles. The number of H-pyrrole nitrogens is 1. The average Bonchev–Trinajstić information content (AvgIpc) is 2.93. The summed E-state index contributed by atoms with van der Waals surface area (Å²) in [6, 6.07) is 6.47. The Hall–Kier alpha value is -2.18. The SMILES string of the molecule is Cc1cc(C(F)(F)F)cc2cc(Cc3c(Cl)ccc(C(=O)O)c3Cl)[nH]c12. The van der Waals surface area contributed by atoms with E-state index in [1.807, 2.05) is 0 Å². The minimum absolute atomic E-state index is 0.0105. The molecule has 0 bridgehead atoms. The van der Waals surface area contributed by atoms with E-state index in [1.165, 1.54) is 12.1 Å². The Labute approximate surface area is 156 Å². The van der Waals surface area contributed by atoms with Crippen molar-refractivity contribution in [3.05, 3.63) is 68.3 Å². The Bertz CT molecular complexity index is 1030. The van der Waals surface area contributed by atoms with Crippen molar-refractivity contribution in [2.45, 2.75) is 19.5 Å². The van der Waals surface area contributed by atoms with Gasteiger partial charge in [-0.3, -0.25) is 0 Å². The van der Waals surface area contributed by atoms with Gasteiger partial charge in [0.05, 0.1) is 16.1 Å². The smallest absolute Gasteiger partial charge is 0.416 e. The number of carboxylic acids is 1. The summed E-state index contributed by atoms with van der Waals surface area (Å²) in [4.78, 5) is 14.3. The van der Waals surface area contributed by atoms with Crippen molar-refractivity contribution in [2.75, 3.05) is 0 Å². The molecule has 136 valence electrons. The van der Waals surface area contributed by atoms with Gasteiger partial charge in [-0.15, -0.1) is 0 Å². The van der Waals surface area contributed by atoms with Crippen LogP contribution in [0.4, 0.5) is 13.2 Å². The first-order valence-electron chi connectivity index (χ1n) is 7.47. The first-order chi connectivity index (χ1) is 12.1. The van der Waals surface area contributed by atoms with Crippen LogP contribution < -0.4 is 0 Å². The molecule has 0 radical (unpaired) electrons. The second kappa shape index (κ2) is 6.52. The molecule has 8 heteroatoms. The Balaban J connectivity index is 2.07. The van der Waals surface area contributed by atoms with Gasteiger partial charge < -0.3 is 10.1 Å². The lowest BCUT2D eigenvalue weighted by atomic mass is 10.0. The number of nitrogens with one attached hydrogen (secondary N) is 1. The summed E-state index contributed by atoms with van der Waals surface area (Å²) in [6.45, 7) is 1.59. The van der Waals surface area contributed by atoms with Gasteiger partial charge in [-0.25, -0.2) is 4.79 Å². The number of aromatic carboxylic acids is 1. The molecule has 0 unspecified atom stereocenters. The van der Waals surface area contributed by atoms with Gasteiger partial charge in [0.2, 0.25) is 0 Å². The molecule has 26 heavy (non-hydrogen) atoms. The van der Waals surface area contributed by atoms with Crippen LogP contribution in [-0.2, 0) is 12.6 Å². The summed E-state index contributed by atoms with van der Waals surface area (Å²) in [5.41, 5.74) is 1.20. The summed E-state index contributed by atoms with van der Waals surface area (Å²) >= 11 is 12.3. The number of aromatic nitrogens is 1. The highest BCUT2D eigenvalue weighted by Gasteiger charge is 2.31. The largest absolute Gasteiger partial charge is 0.478 e. The van der Waals surface area contributed by atoms with Gasteiger partial charge in [-0.1, -0.05) is 23.2 Å². The third-order valence-electron chi connectivity index (χ3n) is 4.09. The number of aromatic amines is 1. The summed E-state index contributed by atoms with van der Waals surface area (Å²) in [5, 5.41) is 9.87. The molecule has 0 aliphatic carbocycles. The highest BCUT2D eigenvalue weighted by atomic mass is 35.5. The van der Waals surface area contributed by atoms with E-state index in [0.29, 0.717) is 27.7 Å². The summed E-state index contributed by atoms with van der Waals surface area (Å²) in [7, 11) is 0. The zero-order valence-electron chi connectivity index (χ0n) is 13.3. The molecule has 3 rings (SSSR count). The van der Waals surface area contributed by atoms with Gasteiger partial charge >= 0.3 is 12.1 Å². The van der Waals surface area contributed by atoms with Gasteiger partial charge in [0, 0.05) is 28.0 Å². The average molecular weight is 402 g/mol. The van der Waals surface area contributed by atoms with Crippen molar-refractivity contribution in [1.82, 2.24) is 4.98 Å². The first kappa shape index (κ1) is 18.6. The van der Waals surface area contributed by atoms with Crippen molar-refractivity contribution >= 4 is 40.1 Å². The Morgan fingerprint density at radius 1 is 1.19 bits per heavy atom. The fraction of sp³-hybridized carbons (Fsp3) is 0.167. The van der Waals surface area contributed by atoms with Gasteiger partial charge in [0.15, 0.2) is 0 Å². The number of rotatable bonds is 3. The number of aryl methyl sites for hydroxylation is 1. The second-order valence-corrected chi connectivity index (χ2v) is 6.70. The molecule has 0 atom stereocenters. The maximum atomic E-state index is 13.0. The van der Waals surface area contributed by atoms with Crippen LogP contribution in [0, 0.1) is 6.92 Å². The third-order valence-corrected chi connectivity index (χ3v) is 4.88. The standard InChI is InChI=1S/C18H12Cl2F3NO2/c1-8-4-10(18(21,22)23)5-9-6-11(24-16(8)9)7-13-14(19)3-2-12(15(13)20)17(25)26/h2-6,24H,7H2,1H3,(H,25,26). The van der Waals surface area contributed by atoms with Crippen molar-refractivity contribution in [1.29, 1.82) is 0 Å². The summed E-state index contributed by atoms with van der Waals surface area (Å²) in [6.07, 6.45) is -4.27. The van der Waals surface area contributed by atoms with Crippen LogP contribution in [0.15, 0.2) is 30.3 Å². The zero-order valence-corrected chi connectivity index (χ0v) is 14.9. The van der Waals surface area contributed by atoms with Crippen LogP contribution in [0.5, 0.6) is 0 Å².